The van der Waals surface area contributed by atoms with Gasteiger partial charge in [0.1, 0.15) is 10.9 Å². The number of hydrogen-bond acceptors (Lipinski definition) is 5. The first kappa shape index (κ1) is 23.2. The van der Waals surface area contributed by atoms with Gasteiger partial charge in [-0.15, -0.1) is 0 Å². The Hall–Kier alpha value is -1.97. The lowest BCUT2D eigenvalue weighted by atomic mass is 10.2. The molecule has 2 unspecified atom stereocenters. The van der Waals surface area contributed by atoms with E-state index in [0.717, 1.165) is 21.2 Å². The first-order valence-corrected chi connectivity index (χ1v) is 12.4. The smallest absolute Gasteiger partial charge is 0.252 e. The zero-order chi connectivity index (χ0) is 23.0. The Labute approximate surface area is 196 Å². The number of halogens is 2. The summed E-state index contributed by atoms with van der Waals surface area (Å²) in [6, 6.07) is 9.83. The Morgan fingerprint density at radius 3 is 2.50 bits per heavy atom. The average molecular weight is 497 g/mol. The number of carbonyl (C=O) groups is 2. The summed E-state index contributed by atoms with van der Waals surface area (Å²) < 4.78 is 34.0. The summed E-state index contributed by atoms with van der Waals surface area (Å²) in [6.45, 7) is 2.35. The van der Waals surface area contributed by atoms with Crippen LogP contribution in [0.5, 0.6) is 0 Å². The maximum Gasteiger partial charge on any atom is 0.252 e. The third-order valence-corrected chi connectivity index (χ3v) is 8.24. The van der Waals surface area contributed by atoms with Gasteiger partial charge in [0.05, 0.1) is 23.2 Å². The highest BCUT2D eigenvalue weighted by Gasteiger charge is 2.48. The van der Waals surface area contributed by atoms with Gasteiger partial charge in [-0.05, 0) is 50.1 Å². The van der Waals surface area contributed by atoms with E-state index in [1.165, 1.54) is 18.2 Å². The van der Waals surface area contributed by atoms with E-state index >= 15 is 0 Å². The summed E-state index contributed by atoms with van der Waals surface area (Å²) in [5.74, 6) is -1.06. The van der Waals surface area contributed by atoms with Crippen molar-refractivity contribution in [3.8, 4) is 0 Å². The molecule has 170 valence electrons. The van der Waals surface area contributed by atoms with Crippen LogP contribution in [-0.2, 0) is 24.3 Å². The van der Waals surface area contributed by atoms with Gasteiger partial charge in [0.15, 0.2) is 0 Å². The Balaban J connectivity index is 1.73. The topological polar surface area (TPSA) is 84.0 Å². The molecule has 2 aromatic rings. The van der Waals surface area contributed by atoms with Crippen LogP contribution in [0.25, 0.3) is 0 Å². The Kier molecular flexibility index (Phi) is 6.61. The second-order valence-corrected chi connectivity index (χ2v) is 10.6. The molecule has 2 aromatic carbocycles. The summed E-state index contributed by atoms with van der Waals surface area (Å²) >= 11 is 12.2. The fourth-order valence-corrected chi connectivity index (χ4v) is 6.34. The third-order valence-electron chi connectivity index (χ3n) is 5.65. The number of ether oxygens (including phenoxy) is 1. The Morgan fingerprint density at radius 1 is 1.12 bits per heavy atom. The van der Waals surface area contributed by atoms with Crippen LogP contribution in [0.1, 0.15) is 24.8 Å². The predicted octanol–water partition coefficient (Wildman–Crippen LogP) is 3.80. The molecule has 0 N–H and O–H groups in total. The lowest BCUT2D eigenvalue weighted by Gasteiger charge is -2.29. The average Bonchev–Trinajstić information content (AvgIpc) is 3.36. The molecule has 2 aliphatic heterocycles. The fraction of sp³-hybridized carbons (Fsp3) is 0.364. The molecule has 2 aliphatic rings. The molecule has 7 nitrogen and oxygen atoms in total. The molecular formula is C22H22Cl2N2O5S. The molecule has 0 radical (unpaired) electrons. The molecule has 2 saturated heterocycles. The van der Waals surface area contributed by atoms with Gasteiger partial charge in [-0.1, -0.05) is 40.9 Å². The number of rotatable bonds is 6. The number of nitrogens with zero attached hydrogens (tertiary/aromatic N) is 2. The van der Waals surface area contributed by atoms with Crippen LogP contribution in [0.4, 0.5) is 5.69 Å². The number of imide groups is 1. The van der Waals surface area contributed by atoms with E-state index < -0.39 is 27.9 Å². The maximum absolute atomic E-state index is 13.7. The van der Waals surface area contributed by atoms with Crippen molar-refractivity contribution in [1.29, 1.82) is 0 Å². The normalized spacial score (nSPS) is 21.7. The monoisotopic (exact) mass is 496 g/mol. The van der Waals surface area contributed by atoms with Gasteiger partial charge in [-0.25, -0.2) is 13.3 Å². The largest absolute Gasteiger partial charge is 0.377 e. The van der Waals surface area contributed by atoms with Crippen LogP contribution in [0.2, 0.25) is 10.0 Å². The van der Waals surface area contributed by atoms with Gasteiger partial charge < -0.3 is 4.74 Å². The SMILES string of the molecule is Cc1ccc(N2C(=O)CC(N(CC3CCCO3)S(=O)(=O)c3cc(Cl)ccc3Cl)C2=O)cc1. The van der Waals surface area contributed by atoms with Crippen LogP contribution in [0, 0.1) is 6.92 Å². The van der Waals surface area contributed by atoms with Crippen molar-refractivity contribution in [3.05, 3.63) is 58.1 Å². The summed E-state index contributed by atoms with van der Waals surface area (Å²) in [7, 11) is -4.26. The van der Waals surface area contributed by atoms with Crippen molar-refractivity contribution in [1.82, 2.24) is 4.31 Å². The number of carbonyl (C=O) groups excluding carboxylic acids is 2. The fourth-order valence-electron chi connectivity index (χ4n) is 3.99. The van der Waals surface area contributed by atoms with E-state index in [4.69, 9.17) is 27.9 Å². The molecule has 2 fully saturated rings. The standard InChI is InChI=1S/C22H22Cl2N2O5S/c1-14-4-7-16(8-5-14)26-21(27)12-19(22(26)28)25(13-17-3-2-10-31-17)32(29,30)20-11-15(23)6-9-18(20)24/h4-9,11,17,19H,2-3,10,12-13H2,1H3. The van der Waals surface area contributed by atoms with Crippen LogP contribution >= 0.6 is 23.2 Å². The first-order valence-electron chi connectivity index (χ1n) is 10.2. The number of aryl methyl sites for hydroxylation is 1. The lowest BCUT2D eigenvalue weighted by molar-refractivity contribution is -0.122. The second kappa shape index (κ2) is 9.11. The minimum atomic E-state index is -4.26. The van der Waals surface area contributed by atoms with Crippen LogP contribution in [0.15, 0.2) is 47.4 Å². The Morgan fingerprint density at radius 2 is 1.84 bits per heavy atom. The molecule has 0 spiro atoms. The van der Waals surface area contributed by atoms with Gasteiger partial charge >= 0.3 is 0 Å². The predicted molar refractivity (Wildman–Crippen MR) is 121 cm³/mol. The molecule has 2 heterocycles. The molecule has 4 rings (SSSR count). The summed E-state index contributed by atoms with van der Waals surface area (Å²) in [5, 5.41) is 0.180. The van der Waals surface area contributed by atoms with Crippen LogP contribution in [-0.4, -0.2) is 49.8 Å². The van der Waals surface area contributed by atoms with Crippen molar-refractivity contribution >= 4 is 50.7 Å². The van der Waals surface area contributed by atoms with E-state index in [-0.39, 0.29) is 34.0 Å². The van der Waals surface area contributed by atoms with E-state index in [1.807, 2.05) is 6.92 Å². The highest BCUT2D eigenvalue weighted by Crippen LogP contribution is 2.34. The molecule has 32 heavy (non-hydrogen) atoms. The highest BCUT2D eigenvalue weighted by atomic mass is 35.5. The van der Waals surface area contributed by atoms with Gasteiger partial charge in [-0.3, -0.25) is 9.59 Å². The molecule has 0 aliphatic carbocycles. The third kappa shape index (κ3) is 4.43. The van der Waals surface area contributed by atoms with Crippen LogP contribution in [0.3, 0.4) is 0 Å². The van der Waals surface area contributed by atoms with E-state index in [2.05, 4.69) is 0 Å². The summed E-state index contributed by atoms with van der Waals surface area (Å²) in [5.41, 5.74) is 1.38. The molecular weight excluding hydrogens is 475 g/mol. The quantitative estimate of drug-likeness (QED) is 0.567. The molecule has 2 amide bonds. The van der Waals surface area contributed by atoms with Crippen molar-refractivity contribution in [2.24, 2.45) is 0 Å². The summed E-state index contributed by atoms with van der Waals surface area (Å²) in [4.78, 5) is 27.0. The Bertz CT molecular complexity index is 1150. The van der Waals surface area contributed by atoms with Gasteiger partial charge in [0.2, 0.25) is 15.9 Å². The number of amides is 2. The van der Waals surface area contributed by atoms with Crippen LogP contribution < -0.4 is 4.90 Å². The molecule has 0 saturated carbocycles. The molecule has 2 atom stereocenters. The second-order valence-electron chi connectivity index (χ2n) is 7.91. The number of sulfonamides is 1. The van der Waals surface area contributed by atoms with Crippen molar-refractivity contribution in [3.63, 3.8) is 0 Å². The number of benzene rings is 2. The minimum absolute atomic E-state index is 0.0149. The number of hydrogen-bond donors (Lipinski definition) is 0. The lowest BCUT2D eigenvalue weighted by Crippen LogP contribution is -2.48. The zero-order valence-corrected chi connectivity index (χ0v) is 19.7. The maximum atomic E-state index is 13.7. The van der Waals surface area contributed by atoms with Gasteiger partial charge in [0.25, 0.3) is 5.91 Å². The molecule has 0 bridgehead atoms. The van der Waals surface area contributed by atoms with E-state index in [1.54, 1.807) is 24.3 Å². The summed E-state index contributed by atoms with van der Waals surface area (Å²) in [6.07, 6.45) is 0.811. The van der Waals surface area contributed by atoms with E-state index in [9.17, 15) is 18.0 Å². The van der Waals surface area contributed by atoms with Gasteiger partial charge in [0, 0.05) is 18.2 Å². The van der Waals surface area contributed by atoms with Crippen molar-refractivity contribution in [2.45, 2.75) is 43.2 Å². The molecule has 0 aromatic heterocycles. The van der Waals surface area contributed by atoms with Crippen molar-refractivity contribution < 1.29 is 22.7 Å². The van der Waals surface area contributed by atoms with Crippen molar-refractivity contribution in [2.75, 3.05) is 18.1 Å². The molecule has 10 heteroatoms. The highest BCUT2D eigenvalue weighted by molar-refractivity contribution is 7.89. The zero-order valence-electron chi connectivity index (χ0n) is 17.3. The first-order chi connectivity index (χ1) is 15.2. The number of anilines is 1. The van der Waals surface area contributed by atoms with Gasteiger partial charge in [-0.2, -0.15) is 4.31 Å². The van der Waals surface area contributed by atoms with E-state index in [0.29, 0.717) is 18.7 Å². The minimum Gasteiger partial charge on any atom is -0.377 e.